The molecule has 2 heterocycles. The van der Waals surface area contributed by atoms with Crippen LogP contribution in [-0.2, 0) is 14.4 Å². The number of imide groups is 1. The van der Waals surface area contributed by atoms with Gasteiger partial charge in [-0.1, -0.05) is 63.6 Å². The van der Waals surface area contributed by atoms with Gasteiger partial charge in [0.25, 0.3) is 5.91 Å². The Balaban J connectivity index is 1.45. The van der Waals surface area contributed by atoms with Gasteiger partial charge in [0.2, 0.25) is 11.5 Å². The molecule has 138 valence electrons. The first-order valence-corrected chi connectivity index (χ1v) is 9.72. The van der Waals surface area contributed by atoms with E-state index in [2.05, 4.69) is 21.1 Å². The van der Waals surface area contributed by atoms with Crippen molar-refractivity contribution in [2.45, 2.75) is 18.4 Å². The second-order valence-electron chi connectivity index (χ2n) is 7.05. The standard InChI is InChI=1S/C22H15BrN2O3/c23-17-8-5-15(6-9-17)19-12-22(28-24-19)13-20(26)25(21(22)27)18-10-7-14-3-1-2-4-16(14)11-18/h1-11H,12-13H2/t22-/m1/s1. The largest absolute Gasteiger partial charge is 0.378 e. The Morgan fingerprint density at radius 3 is 2.46 bits per heavy atom. The van der Waals surface area contributed by atoms with Crippen LogP contribution in [0.1, 0.15) is 18.4 Å². The van der Waals surface area contributed by atoms with E-state index in [0.717, 1.165) is 20.8 Å². The zero-order valence-electron chi connectivity index (χ0n) is 14.8. The summed E-state index contributed by atoms with van der Waals surface area (Å²) >= 11 is 3.41. The van der Waals surface area contributed by atoms with E-state index in [1.165, 1.54) is 4.90 Å². The van der Waals surface area contributed by atoms with E-state index in [1.807, 2.05) is 60.7 Å². The molecule has 5 rings (SSSR count). The molecule has 1 saturated heterocycles. The van der Waals surface area contributed by atoms with Crippen molar-refractivity contribution in [1.29, 1.82) is 0 Å². The molecule has 1 fully saturated rings. The lowest BCUT2D eigenvalue weighted by Crippen LogP contribution is -2.40. The fraction of sp³-hybridized carbons (Fsp3) is 0.136. The van der Waals surface area contributed by atoms with Crippen LogP contribution in [0.2, 0.25) is 0 Å². The van der Waals surface area contributed by atoms with Crippen molar-refractivity contribution in [3.8, 4) is 0 Å². The third-order valence-corrected chi connectivity index (χ3v) is 5.76. The van der Waals surface area contributed by atoms with Crippen LogP contribution in [0.5, 0.6) is 0 Å². The van der Waals surface area contributed by atoms with Crippen LogP contribution in [-0.4, -0.2) is 23.1 Å². The SMILES string of the molecule is O=C1C[C@]2(CC(c3ccc(Br)cc3)=NO2)C(=O)N1c1ccc2ccccc2c1. The van der Waals surface area contributed by atoms with Crippen LogP contribution in [0.4, 0.5) is 5.69 Å². The molecule has 0 saturated carbocycles. The number of fused-ring (bicyclic) bond motifs is 1. The highest BCUT2D eigenvalue weighted by Crippen LogP contribution is 2.39. The van der Waals surface area contributed by atoms with Gasteiger partial charge in [-0.3, -0.25) is 9.59 Å². The van der Waals surface area contributed by atoms with E-state index >= 15 is 0 Å². The Morgan fingerprint density at radius 2 is 1.68 bits per heavy atom. The molecule has 3 aromatic carbocycles. The average Bonchev–Trinajstić information content (AvgIpc) is 3.23. The molecule has 0 bridgehead atoms. The number of hydrogen-bond donors (Lipinski definition) is 0. The number of rotatable bonds is 2. The summed E-state index contributed by atoms with van der Waals surface area (Å²) < 4.78 is 0.958. The summed E-state index contributed by atoms with van der Waals surface area (Å²) in [6.45, 7) is 0. The van der Waals surface area contributed by atoms with E-state index in [4.69, 9.17) is 4.84 Å². The maximum absolute atomic E-state index is 13.2. The second kappa shape index (κ2) is 6.27. The van der Waals surface area contributed by atoms with Gasteiger partial charge in [0.05, 0.1) is 17.8 Å². The van der Waals surface area contributed by atoms with Crippen LogP contribution in [0.15, 0.2) is 76.4 Å². The molecule has 0 radical (unpaired) electrons. The summed E-state index contributed by atoms with van der Waals surface area (Å²) in [5.74, 6) is -0.629. The smallest absolute Gasteiger partial charge is 0.281 e. The lowest BCUT2D eigenvalue weighted by atomic mass is 9.92. The zero-order valence-corrected chi connectivity index (χ0v) is 16.3. The van der Waals surface area contributed by atoms with Gasteiger partial charge in [-0.25, -0.2) is 4.90 Å². The van der Waals surface area contributed by atoms with Crippen LogP contribution >= 0.6 is 15.9 Å². The molecule has 28 heavy (non-hydrogen) atoms. The van der Waals surface area contributed by atoms with Crippen molar-refractivity contribution < 1.29 is 14.4 Å². The molecule has 3 aromatic rings. The quantitative estimate of drug-likeness (QED) is 0.560. The van der Waals surface area contributed by atoms with Gasteiger partial charge < -0.3 is 4.84 Å². The number of halogens is 1. The molecule has 2 amide bonds. The van der Waals surface area contributed by atoms with E-state index in [0.29, 0.717) is 11.4 Å². The third-order valence-electron chi connectivity index (χ3n) is 5.23. The molecule has 1 spiro atoms. The Bertz CT molecular complexity index is 1160. The first kappa shape index (κ1) is 17.1. The fourth-order valence-electron chi connectivity index (χ4n) is 3.78. The molecule has 0 aromatic heterocycles. The molecule has 2 aliphatic rings. The summed E-state index contributed by atoms with van der Waals surface area (Å²) in [6, 6.07) is 21.0. The number of anilines is 1. The first-order valence-electron chi connectivity index (χ1n) is 8.93. The topological polar surface area (TPSA) is 59.0 Å². The lowest BCUT2D eigenvalue weighted by Gasteiger charge is -2.19. The highest BCUT2D eigenvalue weighted by molar-refractivity contribution is 9.10. The molecular weight excluding hydrogens is 420 g/mol. The predicted octanol–water partition coefficient (Wildman–Crippen LogP) is 4.43. The predicted molar refractivity (Wildman–Crippen MR) is 110 cm³/mol. The van der Waals surface area contributed by atoms with Crippen molar-refractivity contribution in [2.75, 3.05) is 4.90 Å². The van der Waals surface area contributed by atoms with Crippen molar-refractivity contribution >= 4 is 49.9 Å². The summed E-state index contributed by atoms with van der Waals surface area (Å²) in [5, 5.41) is 6.16. The number of amides is 2. The average molecular weight is 435 g/mol. The summed E-state index contributed by atoms with van der Waals surface area (Å²) in [7, 11) is 0. The van der Waals surface area contributed by atoms with Gasteiger partial charge in [0, 0.05) is 10.9 Å². The molecule has 1 atom stereocenters. The van der Waals surface area contributed by atoms with Gasteiger partial charge in [-0.2, -0.15) is 0 Å². The minimum Gasteiger partial charge on any atom is -0.378 e. The summed E-state index contributed by atoms with van der Waals surface area (Å²) in [5.41, 5.74) is 0.871. The van der Waals surface area contributed by atoms with Crippen LogP contribution in [0.3, 0.4) is 0 Å². The molecule has 0 N–H and O–H groups in total. The van der Waals surface area contributed by atoms with E-state index in [1.54, 1.807) is 6.07 Å². The van der Waals surface area contributed by atoms with Crippen molar-refractivity contribution in [3.05, 3.63) is 76.8 Å². The lowest BCUT2D eigenvalue weighted by molar-refractivity contribution is -0.136. The van der Waals surface area contributed by atoms with Gasteiger partial charge in [0.15, 0.2) is 0 Å². The van der Waals surface area contributed by atoms with Crippen LogP contribution < -0.4 is 4.90 Å². The maximum Gasteiger partial charge on any atom is 0.281 e. The number of carbonyl (C=O) groups excluding carboxylic acids is 2. The normalized spacial score (nSPS) is 21.5. The highest BCUT2D eigenvalue weighted by atomic mass is 79.9. The van der Waals surface area contributed by atoms with Gasteiger partial charge in [-0.05, 0) is 40.6 Å². The molecule has 5 nitrogen and oxygen atoms in total. The van der Waals surface area contributed by atoms with Crippen molar-refractivity contribution in [2.24, 2.45) is 5.16 Å². The number of carbonyl (C=O) groups is 2. The Morgan fingerprint density at radius 1 is 0.929 bits per heavy atom. The van der Waals surface area contributed by atoms with Crippen molar-refractivity contribution in [3.63, 3.8) is 0 Å². The minimum absolute atomic E-state index is 0.0117. The monoisotopic (exact) mass is 434 g/mol. The molecule has 2 aliphatic heterocycles. The maximum atomic E-state index is 13.2. The number of nitrogens with zero attached hydrogens (tertiary/aromatic N) is 2. The van der Waals surface area contributed by atoms with Gasteiger partial charge >= 0.3 is 0 Å². The highest BCUT2D eigenvalue weighted by Gasteiger charge is 2.58. The number of hydrogen-bond acceptors (Lipinski definition) is 4. The van der Waals surface area contributed by atoms with Gasteiger partial charge in [0.1, 0.15) is 0 Å². The second-order valence-corrected chi connectivity index (χ2v) is 7.97. The summed E-state index contributed by atoms with van der Waals surface area (Å²) in [6.07, 6.45) is 0.269. The third kappa shape index (κ3) is 2.64. The Labute approximate surface area is 169 Å². The van der Waals surface area contributed by atoms with Crippen LogP contribution in [0, 0.1) is 0 Å². The molecular formula is C22H15BrN2O3. The Kier molecular flexibility index (Phi) is 3.84. The summed E-state index contributed by atoms with van der Waals surface area (Å²) in [4.78, 5) is 32.8. The van der Waals surface area contributed by atoms with Crippen molar-refractivity contribution in [1.82, 2.24) is 0 Å². The van der Waals surface area contributed by atoms with E-state index in [-0.39, 0.29) is 24.7 Å². The number of benzene rings is 3. The van der Waals surface area contributed by atoms with E-state index < -0.39 is 5.60 Å². The Hall–Kier alpha value is -2.99. The zero-order chi connectivity index (χ0) is 19.3. The number of oxime groups is 1. The van der Waals surface area contributed by atoms with Gasteiger partial charge in [-0.15, -0.1) is 0 Å². The molecule has 0 aliphatic carbocycles. The minimum atomic E-state index is -1.24. The molecule has 6 heteroatoms. The first-order chi connectivity index (χ1) is 13.6. The fourth-order valence-corrected chi connectivity index (χ4v) is 4.04. The molecule has 0 unspecified atom stereocenters. The van der Waals surface area contributed by atoms with E-state index in [9.17, 15) is 9.59 Å². The van der Waals surface area contributed by atoms with Crippen LogP contribution in [0.25, 0.3) is 10.8 Å².